The van der Waals surface area contributed by atoms with Gasteiger partial charge < -0.3 is 14.8 Å². The van der Waals surface area contributed by atoms with Crippen molar-refractivity contribution in [3.63, 3.8) is 0 Å². The van der Waals surface area contributed by atoms with Crippen LogP contribution in [0.2, 0.25) is 0 Å². The van der Waals surface area contributed by atoms with E-state index >= 15 is 0 Å². The number of amides is 1. The second-order valence-corrected chi connectivity index (χ2v) is 4.29. The normalized spacial score (nSPS) is 11.3. The minimum absolute atomic E-state index is 0.114. The molecule has 2 N–H and O–H groups in total. The fourth-order valence-electron chi connectivity index (χ4n) is 1.75. The van der Waals surface area contributed by atoms with Gasteiger partial charge >= 0.3 is 0 Å². The Morgan fingerprint density at radius 3 is 2.70 bits per heavy atom. The summed E-state index contributed by atoms with van der Waals surface area (Å²) in [5, 5.41) is 11.5. The van der Waals surface area contributed by atoms with Crippen molar-refractivity contribution in [2.24, 2.45) is 0 Å². The fraction of sp³-hybridized carbons (Fsp3) is 0.188. The second-order valence-electron chi connectivity index (χ2n) is 4.29. The van der Waals surface area contributed by atoms with Crippen LogP contribution in [0.3, 0.4) is 0 Å². The van der Waals surface area contributed by atoms with Crippen LogP contribution < -0.4 is 5.32 Å². The molecular weight excluding hydrogens is 254 g/mol. The minimum Gasteiger partial charge on any atom is -0.472 e. The predicted molar refractivity (Wildman–Crippen MR) is 75.0 cm³/mol. The van der Waals surface area contributed by atoms with Crippen LogP contribution in [0.15, 0.2) is 47.3 Å². The molecule has 0 bridgehead atoms. The summed E-state index contributed by atoms with van der Waals surface area (Å²) in [6.45, 7) is 1.76. The molecule has 0 aliphatic rings. The lowest BCUT2D eigenvalue weighted by Gasteiger charge is -2.13. The van der Waals surface area contributed by atoms with Gasteiger partial charge in [0.05, 0.1) is 17.9 Å². The van der Waals surface area contributed by atoms with Gasteiger partial charge in [-0.05, 0) is 30.7 Å². The van der Waals surface area contributed by atoms with Gasteiger partial charge in [-0.15, -0.1) is 0 Å². The van der Waals surface area contributed by atoms with E-state index in [-0.39, 0.29) is 18.6 Å². The maximum atomic E-state index is 11.9. The molecule has 1 amide bonds. The molecule has 0 aliphatic carbocycles. The number of benzene rings is 1. The van der Waals surface area contributed by atoms with E-state index in [0.29, 0.717) is 5.56 Å². The summed E-state index contributed by atoms with van der Waals surface area (Å²) >= 11 is 0. The monoisotopic (exact) mass is 269 g/mol. The number of furan rings is 1. The Bertz CT molecular complexity index is 618. The molecule has 2 aromatic rings. The zero-order chi connectivity index (χ0) is 14.4. The molecule has 0 aliphatic heterocycles. The average molecular weight is 269 g/mol. The minimum atomic E-state index is -0.171. The molecule has 0 saturated heterocycles. The zero-order valence-corrected chi connectivity index (χ0v) is 11.1. The topological polar surface area (TPSA) is 62.5 Å². The van der Waals surface area contributed by atoms with E-state index in [1.165, 1.54) is 12.5 Å². The lowest BCUT2D eigenvalue weighted by molar-refractivity contribution is 0.0939. The van der Waals surface area contributed by atoms with Gasteiger partial charge in [-0.1, -0.05) is 24.0 Å². The first-order valence-electron chi connectivity index (χ1n) is 6.23. The summed E-state index contributed by atoms with van der Waals surface area (Å²) in [7, 11) is 0. The average Bonchev–Trinajstić information content (AvgIpc) is 3.00. The number of aliphatic hydroxyl groups is 1. The highest BCUT2D eigenvalue weighted by Crippen LogP contribution is 2.14. The van der Waals surface area contributed by atoms with Crippen molar-refractivity contribution < 1.29 is 14.3 Å². The third-order valence-corrected chi connectivity index (χ3v) is 2.85. The molecule has 1 atom stereocenters. The van der Waals surface area contributed by atoms with E-state index in [1.807, 2.05) is 31.2 Å². The highest BCUT2D eigenvalue weighted by atomic mass is 16.3. The molecular formula is C16H15NO3. The van der Waals surface area contributed by atoms with Crippen molar-refractivity contribution >= 4 is 5.91 Å². The Balaban J connectivity index is 2.02. The van der Waals surface area contributed by atoms with Gasteiger partial charge in [0.1, 0.15) is 12.9 Å². The third kappa shape index (κ3) is 3.50. The molecule has 0 fully saturated rings. The lowest BCUT2D eigenvalue weighted by Crippen LogP contribution is -2.26. The largest absolute Gasteiger partial charge is 0.472 e. The van der Waals surface area contributed by atoms with E-state index in [9.17, 15) is 4.79 Å². The first-order chi connectivity index (χ1) is 9.70. The summed E-state index contributed by atoms with van der Waals surface area (Å²) < 4.78 is 4.88. The highest BCUT2D eigenvalue weighted by Gasteiger charge is 2.11. The first kappa shape index (κ1) is 13.9. The Labute approximate surface area is 117 Å². The van der Waals surface area contributed by atoms with Crippen molar-refractivity contribution in [3.05, 3.63) is 59.5 Å². The molecule has 1 aromatic carbocycles. The number of carbonyl (C=O) groups is 1. The van der Waals surface area contributed by atoms with E-state index < -0.39 is 0 Å². The standard InChI is InChI=1S/C16H15NO3/c1-12(17-16(19)15-8-10-20-11-15)14-6-4-13(5-7-14)3-2-9-18/h4-8,10-12,18H,9H2,1H3,(H,17,19). The van der Waals surface area contributed by atoms with Crippen LogP contribution in [0.25, 0.3) is 0 Å². The molecule has 4 nitrogen and oxygen atoms in total. The molecule has 2 rings (SSSR count). The number of rotatable bonds is 3. The van der Waals surface area contributed by atoms with E-state index in [4.69, 9.17) is 9.52 Å². The van der Waals surface area contributed by atoms with Crippen LogP contribution in [0, 0.1) is 11.8 Å². The van der Waals surface area contributed by atoms with Gasteiger partial charge in [-0.3, -0.25) is 4.79 Å². The molecule has 1 aromatic heterocycles. The SMILES string of the molecule is CC(NC(=O)c1ccoc1)c1ccc(C#CCO)cc1. The van der Waals surface area contributed by atoms with Gasteiger partial charge in [0, 0.05) is 5.56 Å². The third-order valence-electron chi connectivity index (χ3n) is 2.85. The van der Waals surface area contributed by atoms with Crippen molar-refractivity contribution in [3.8, 4) is 11.8 Å². The molecule has 0 saturated carbocycles. The van der Waals surface area contributed by atoms with E-state index in [1.54, 1.807) is 6.07 Å². The van der Waals surface area contributed by atoms with Crippen molar-refractivity contribution in [2.75, 3.05) is 6.61 Å². The van der Waals surface area contributed by atoms with Crippen LogP contribution in [-0.2, 0) is 0 Å². The summed E-state index contributed by atoms with van der Waals surface area (Å²) in [5.74, 6) is 5.24. The van der Waals surface area contributed by atoms with Crippen LogP contribution >= 0.6 is 0 Å². The molecule has 0 spiro atoms. The van der Waals surface area contributed by atoms with Crippen LogP contribution in [-0.4, -0.2) is 17.6 Å². The van der Waals surface area contributed by atoms with Gasteiger partial charge in [0.2, 0.25) is 0 Å². The summed E-state index contributed by atoms with van der Waals surface area (Å²) in [6.07, 6.45) is 2.88. The Kier molecular flexibility index (Phi) is 4.59. The second kappa shape index (κ2) is 6.60. The maximum Gasteiger partial charge on any atom is 0.255 e. The smallest absolute Gasteiger partial charge is 0.255 e. The quantitative estimate of drug-likeness (QED) is 0.839. The van der Waals surface area contributed by atoms with Gasteiger partial charge in [-0.25, -0.2) is 0 Å². The predicted octanol–water partition coefficient (Wildman–Crippen LogP) is 2.11. The zero-order valence-electron chi connectivity index (χ0n) is 11.1. The molecule has 20 heavy (non-hydrogen) atoms. The first-order valence-corrected chi connectivity index (χ1v) is 6.23. The molecule has 1 heterocycles. The van der Waals surface area contributed by atoms with Crippen LogP contribution in [0.4, 0.5) is 0 Å². The number of nitrogens with one attached hydrogen (secondary N) is 1. The van der Waals surface area contributed by atoms with Gasteiger partial charge in [0.25, 0.3) is 5.91 Å². The Morgan fingerprint density at radius 1 is 1.35 bits per heavy atom. The Morgan fingerprint density at radius 2 is 2.10 bits per heavy atom. The summed E-state index contributed by atoms with van der Waals surface area (Å²) in [6, 6.07) is 9.04. The van der Waals surface area contributed by atoms with Crippen molar-refractivity contribution in [1.82, 2.24) is 5.32 Å². The Hall–Kier alpha value is -2.51. The van der Waals surface area contributed by atoms with Gasteiger partial charge in [-0.2, -0.15) is 0 Å². The highest BCUT2D eigenvalue weighted by molar-refractivity contribution is 5.94. The van der Waals surface area contributed by atoms with E-state index in [2.05, 4.69) is 17.2 Å². The number of aliphatic hydroxyl groups excluding tert-OH is 1. The molecule has 102 valence electrons. The van der Waals surface area contributed by atoms with Crippen LogP contribution in [0.1, 0.15) is 34.5 Å². The lowest BCUT2D eigenvalue weighted by atomic mass is 10.1. The number of hydrogen-bond donors (Lipinski definition) is 2. The summed E-state index contributed by atoms with van der Waals surface area (Å²) in [4.78, 5) is 11.9. The van der Waals surface area contributed by atoms with Crippen molar-refractivity contribution in [2.45, 2.75) is 13.0 Å². The number of hydrogen-bond acceptors (Lipinski definition) is 3. The number of carbonyl (C=O) groups excluding carboxylic acids is 1. The fourth-order valence-corrected chi connectivity index (χ4v) is 1.75. The van der Waals surface area contributed by atoms with Gasteiger partial charge in [0.15, 0.2) is 0 Å². The van der Waals surface area contributed by atoms with Crippen molar-refractivity contribution in [1.29, 1.82) is 0 Å². The molecule has 1 unspecified atom stereocenters. The maximum absolute atomic E-state index is 11.9. The summed E-state index contributed by atoms with van der Waals surface area (Å²) in [5.41, 5.74) is 2.31. The van der Waals surface area contributed by atoms with E-state index in [0.717, 1.165) is 11.1 Å². The molecule has 4 heteroatoms. The van der Waals surface area contributed by atoms with Crippen LogP contribution in [0.5, 0.6) is 0 Å². The molecule has 0 radical (unpaired) electrons.